The van der Waals surface area contributed by atoms with E-state index < -0.39 is 0 Å². The van der Waals surface area contributed by atoms with E-state index >= 15 is 0 Å². The van der Waals surface area contributed by atoms with Crippen LogP contribution in [0.4, 0.5) is 0 Å². The van der Waals surface area contributed by atoms with Gasteiger partial charge >= 0.3 is 0 Å². The molecule has 1 aromatic carbocycles. The van der Waals surface area contributed by atoms with Gasteiger partial charge in [-0.3, -0.25) is 0 Å². The fourth-order valence-electron chi connectivity index (χ4n) is 2.43. The first-order chi connectivity index (χ1) is 9.36. The monoisotopic (exact) mass is 275 g/mol. The van der Waals surface area contributed by atoms with Crippen molar-refractivity contribution in [2.45, 2.75) is 48.3 Å². The maximum atomic E-state index is 5.60. The van der Waals surface area contributed by atoms with Crippen molar-refractivity contribution in [2.24, 2.45) is 5.73 Å². The lowest BCUT2D eigenvalue weighted by Crippen LogP contribution is -2.08. The van der Waals surface area contributed by atoms with Crippen molar-refractivity contribution >= 4 is 11.8 Å². The molecular weight excluding hydrogens is 258 g/mol. The van der Waals surface area contributed by atoms with Crippen LogP contribution in [0.25, 0.3) is 0 Å². The molecule has 0 aliphatic heterocycles. The van der Waals surface area contributed by atoms with Crippen molar-refractivity contribution in [3.63, 3.8) is 0 Å². The largest absolute Gasteiger partial charge is 0.326 e. The van der Waals surface area contributed by atoms with Crippen LogP contribution in [-0.4, -0.2) is 20.2 Å². The molecule has 6 heteroatoms. The summed E-state index contributed by atoms with van der Waals surface area (Å²) >= 11 is 1.61. The third-order valence-corrected chi connectivity index (χ3v) is 4.46. The Kier molecular flexibility index (Phi) is 3.79. The van der Waals surface area contributed by atoms with E-state index in [0.717, 1.165) is 15.6 Å². The van der Waals surface area contributed by atoms with E-state index in [1.54, 1.807) is 11.8 Å². The zero-order chi connectivity index (χ0) is 13.1. The van der Waals surface area contributed by atoms with E-state index in [4.69, 9.17) is 5.73 Å². The zero-order valence-electron chi connectivity index (χ0n) is 10.7. The number of nitrogens with zero attached hydrogens (tertiary/aromatic N) is 4. The zero-order valence-corrected chi connectivity index (χ0v) is 11.5. The first-order valence-corrected chi connectivity index (χ1v) is 7.43. The van der Waals surface area contributed by atoms with Crippen LogP contribution < -0.4 is 5.73 Å². The van der Waals surface area contributed by atoms with Crippen LogP contribution in [0.15, 0.2) is 34.3 Å². The summed E-state index contributed by atoms with van der Waals surface area (Å²) in [6.07, 6.45) is 4.93. The highest BCUT2D eigenvalue weighted by atomic mass is 32.2. The van der Waals surface area contributed by atoms with Gasteiger partial charge in [0.1, 0.15) is 0 Å². The molecule has 1 saturated carbocycles. The molecule has 1 aromatic heterocycles. The number of hydrogen-bond acceptors (Lipinski definition) is 5. The molecule has 2 aromatic rings. The van der Waals surface area contributed by atoms with Gasteiger partial charge in [-0.25, -0.2) is 4.68 Å². The van der Waals surface area contributed by atoms with E-state index in [2.05, 4.69) is 27.7 Å². The summed E-state index contributed by atoms with van der Waals surface area (Å²) in [7, 11) is 0. The van der Waals surface area contributed by atoms with Crippen LogP contribution in [0.5, 0.6) is 0 Å². The van der Waals surface area contributed by atoms with Crippen molar-refractivity contribution in [2.75, 3.05) is 0 Å². The first kappa shape index (κ1) is 12.6. The molecule has 0 radical (unpaired) electrons. The van der Waals surface area contributed by atoms with Crippen molar-refractivity contribution in [1.29, 1.82) is 0 Å². The van der Waals surface area contributed by atoms with Crippen molar-refractivity contribution < 1.29 is 0 Å². The van der Waals surface area contributed by atoms with E-state index in [1.165, 1.54) is 25.7 Å². The van der Waals surface area contributed by atoms with E-state index in [0.29, 0.717) is 12.6 Å². The third kappa shape index (κ3) is 2.79. The van der Waals surface area contributed by atoms with Gasteiger partial charge in [-0.05, 0) is 52.7 Å². The number of tetrazole rings is 1. The summed E-state index contributed by atoms with van der Waals surface area (Å²) in [4.78, 5) is 1.14. The normalized spacial score (nSPS) is 16.1. The van der Waals surface area contributed by atoms with E-state index in [1.807, 2.05) is 16.8 Å². The molecule has 0 spiro atoms. The number of nitrogens with two attached hydrogens (primary N) is 1. The number of aromatic nitrogens is 4. The standard InChI is InChI=1S/C13H17N5S/c14-9-10-5-7-12(8-6-10)19-13-15-16-17-18(13)11-3-1-2-4-11/h5-8,11H,1-4,9,14H2. The van der Waals surface area contributed by atoms with Crippen LogP contribution in [0.1, 0.15) is 37.3 Å². The highest BCUT2D eigenvalue weighted by Crippen LogP contribution is 2.33. The van der Waals surface area contributed by atoms with Crippen LogP contribution >= 0.6 is 11.8 Å². The molecule has 1 heterocycles. The fourth-order valence-corrected chi connectivity index (χ4v) is 3.27. The van der Waals surface area contributed by atoms with Crippen molar-refractivity contribution in [1.82, 2.24) is 20.2 Å². The first-order valence-electron chi connectivity index (χ1n) is 6.61. The maximum absolute atomic E-state index is 5.60. The Morgan fingerprint density at radius 1 is 1.21 bits per heavy atom. The Bertz CT molecular complexity index is 530. The van der Waals surface area contributed by atoms with Gasteiger partial charge in [0.2, 0.25) is 5.16 Å². The Hall–Kier alpha value is -1.40. The summed E-state index contributed by atoms with van der Waals surface area (Å²) in [6, 6.07) is 8.71. The van der Waals surface area contributed by atoms with Crippen LogP contribution in [0, 0.1) is 0 Å². The lowest BCUT2D eigenvalue weighted by Gasteiger charge is -2.10. The minimum atomic E-state index is 0.473. The predicted octanol–water partition coefficient (Wildman–Crippen LogP) is 2.40. The third-order valence-electron chi connectivity index (χ3n) is 3.50. The number of benzene rings is 1. The average Bonchev–Trinajstić information content (AvgIpc) is 3.10. The van der Waals surface area contributed by atoms with Gasteiger partial charge in [-0.1, -0.05) is 25.0 Å². The van der Waals surface area contributed by atoms with Crippen LogP contribution in [0.2, 0.25) is 0 Å². The van der Waals surface area contributed by atoms with Gasteiger partial charge < -0.3 is 5.73 Å². The quantitative estimate of drug-likeness (QED) is 0.927. The molecular formula is C13H17N5S. The molecule has 100 valence electrons. The van der Waals surface area contributed by atoms with Gasteiger partial charge in [-0.15, -0.1) is 5.10 Å². The average molecular weight is 275 g/mol. The van der Waals surface area contributed by atoms with Gasteiger partial charge in [0, 0.05) is 11.4 Å². The minimum absolute atomic E-state index is 0.473. The Balaban J connectivity index is 1.77. The second kappa shape index (κ2) is 5.71. The number of rotatable bonds is 4. The molecule has 0 bridgehead atoms. The van der Waals surface area contributed by atoms with Gasteiger partial charge in [-0.2, -0.15) is 0 Å². The SMILES string of the molecule is NCc1ccc(Sc2nnnn2C2CCCC2)cc1. The molecule has 1 aliphatic rings. The summed E-state index contributed by atoms with van der Waals surface area (Å²) in [5.41, 5.74) is 6.74. The highest BCUT2D eigenvalue weighted by Gasteiger charge is 2.21. The minimum Gasteiger partial charge on any atom is -0.326 e. The molecule has 1 aliphatic carbocycles. The molecule has 0 unspecified atom stereocenters. The van der Waals surface area contributed by atoms with Crippen LogP contribution in [0.3, 0.4) is 0 Å². The second-order valence-corrected chi connectivity index (χ2v) is 5.84. The second-order valence-electron chi connectivity index (χ2n) is 4.79. The lowest BCUT2D eigenvalue weighted by atomic mass is 10.2. The highest BCUT2D eigenvalue weighted by molar-refractivity contribution is 7.99. The summed E-state index contributed by atoms with van der Waals surface area (Å²) in [5.74, 6) is 0. The van der Waals surface area contributed by atoms with E-state index in [-0.39, 0.29) is 0 Å². The summed E-state index contributed by atoms with van der Waals surface area (Å²) < 4.78 is 1.98. The Morgan fingerprint density at radius 2 is 1.95 bits per heavy atom. The Morgan fingerprint density at radius 3 is 2.63 bits per heavy atom. The van der Waals surface area contributed by atoms with E-state index in [9.17, 15) is 0 Å². The molecule has 0 amide bonds. The fraction of sp³-hybridized carbons (Fsp3) is 0.462. The van der Waals surface area contributed by atoms with Gasteiger partial charge in [0.15, 0.2) is 0 Å². The maximum Gasteiger partial charge on any atom is 0.214 e. The summed E-state index contributed by atoms with van der Waals surface area (Å²) in [5, 5.41) is 13.0. The molecule has 5 nitrogen and oxygen atoms in total. The Labute approximate surface area is 116 Å². The molecule has 1 fully saturated rings. The molecule has 19 heavy (non-hydrogen) atoms. The van der Waals surface area contributed by atoms with Gasteiger partial charge in [0.05, 0.1) is 6.04 Å². The van der Waals surface area contributed by atoms with Gasteiger partial charge in [0.25, 0.3) is 0 Å². The predicted molar refractivity (Wildman–Crippen MR) is 73.8 cm³/mol. The topological polar surface area (TPSA) is 69.6 Å². The molecule has 0 atom stereocenters. The van der Waals surface area contributed by atoms with Crippen molar-refractivity contribution in [3.8, 4) is 0 Å². The van der Waals surface area contributed by atoms with Crippen molar-refractivity contribution in [3.05, 3.63) is 29.8 Å². The molecule has 0 saturated heterocycles. The smallest absolute Gasteiger partial charge is 0.214 e. The summed E-state index contributed by atoms with van der Waals surface area (Å²) in [6.45, 7) is 0.574. The number of hydrogen-bond donors (Lipinski definition) is 1. The molecule has 2 N–H and O–H groups in total. The lowest BCUT2D eigenvalue weighted by molar-refractivity contribution is 0.423. The molecule has 3 rings (SSSR count). The van der Waals surface area contributed by atoms with Crippen LogP contribution in [-0.2, 0) is 6.54 Å².